The van der Waals surface area contributed by atoms with E-state index in [2.05, 4.69) is 4.90 Å². The highest BCUT2D eigenvalue weighted by molar-refractivity contribution is 5.98. The fourth-order valence-corrected chi connectivity index (χ4v) is 4.42. The Morgan fingerprint density at radius 1 is 1.07 bits per heavy atom. The Kier molecular flexibility index (Phi) is 3.87. The Balaban J connectivity index is 1.63. The zero-order valence-electron chi connectivity index (χ0n) is 16.0. The summed E-state index contributed by atoms with van der Waals surface area (Å²) in [5.74, 6) is 2.04. The number of fused-ring (bicyclic) bond motifs is 3. The minimum absolute atomic E-state index is 0.124. The summed E-state index contributed by atoms with van der Waals surface area (Å²) >= 11 is 0. The average Bonchev–Trinajstić information content (AvgIpc) is 3.29. The lowest BCUT2D eigenvalue weighted by atomic mass is 9.86. The van der Waals surface area contributed by atoms with Crippen molar-refractivity contribution < 1.29 is 28.5 Å². The predicted octanol–water partition coefficient (Wildman–Crippen LogP) is 2.87. The van der Waals surface area contributed by atoms with Crippen LogP contribution in [0, 0.1) is 0 Å². The monoisotopic (exact) mass is 383 g/mol. The molecule has 0 bridgehead atoms. The predicted molar refractivity (Wildman–Crippen MR) is 99.3 cm³/mol. The summed E-state index contributed by atoms with van der Waals surface area (Å²) in [4.78, 5) is 15.0. The molecule has 0 aromatic heterocycles. The van der Waals surface area contributed by atoms with Crippen LogP contribution in [0.5, 0.6) is 23.0 Å². The molecule has 0 amide bonds. The molecule has 0 saturated heterocycles. The SMILES string of the molecule is COc1ccc2c(c1OC)C(=O)OC2[C@@H]1c2cc3c(cc2CCN1C)OCO3. The average molecular weight is 383 g/mol. The van der Waals surface area contributed by atoms with Gasteiger partial charge < -0.3 is 23.7 Å². The molecule has 0 spiro atoms. The Hall–Kier alpha value is -2.93. The van der Waals surface area contributed by atoms with Crippen molar-refractivity contribution in [2.75, 3.05) is 34.6 Å². The van der Waals surface area contributed by atoms with Crippen molar-refractivity contribution in [3.63, 3.8) is 0 Å². The molecule has 0 N–H and O–H groups in total. The Morgan fingerprint density at radius 2 is 1.86 bits per heavy atom. The van der Waals surface area contributed by atoms with E-state index in [0.29, 0.717) is 17.1 Å². The third-order valence-electron chi connectivity index (χ3n) is 5.77. The molecule has 1 unspecified atom stereocenters. The Bertz CT molecular complexity index is 972. The highest BCUT2D eigenvalue weighted by atomic mass is 16.7. The fourth-order valence-electron chi connectivity index (χ4n) is 4.42. The van der Waals surface area contributed by atoms with Gasteiger partial charge in [0.25, 0.3) is 0 Å². The number of nitrogens with zero attached hydrogens (tertiary/aromatic N) is 1. The van der Waals surface area contributed by atoms with Gasteiger partial charge in [0, 0.05) is 12.1 Å². The summed E-state index contributed by atoms with van der Waals surface area (Å²) in [7, 11) is 5.13. The van der Waals surface area contributed by atoms with Crippen LogP contribution in [0.2, 0.25) is 0 Å². The van der Waals surface area contributed by atoms with E-state index in [-0.39, 0.29) is 12.8 Å². The van der Waals surface area contributed by atoms with E-state index in [4.69, 9.17) is 23.7 Å². The minimum atomic E-state index is -0.438. The summed E-state index contributed by atoms with van der Waals surface area (Å²) in [6, 6.07) is 7.65. The molecular weight excluding hydrogens is 362 g/mol. The van der Waals surface area contributed by atoms with E-state index in [1.165, 1.54) is 12.7 Å². The normalized spacial score (nSPS) is 22.5. The van der Waals surface area contributed by atoms with E-state index in [1.54, 1.807) is 7.11 Å². The fraction of sp³-hybridized carbons (Fsp3) is 0.381. The molecule has 0 fully saturated rings. The largest absolute Gasteiger partial charge is 0.493 e. The number of methoxy groups -OCH3 is 2. The van der Waals surface area contributed by atoms with Crippen molar-refractivity contribution in [1.29, 1.82) is 0 Å². The molecule has 7 nitrogen and oxygen atoms in total. The summed E-state index contributed by atoms with van der Waals surface area (Å²) in [6.45, 7) is 1.09. The second kappa shape index (κ2) is 6.31. The van der Waals surface area contributed by atoms with E-state index in [1.807, 2.05) is 31.3 Å². The van der Waals surface area contributed by atoms with Gasteiger partial charge in [-0.3, -0.25) is 4.90 Å². The molecule has 3 aliphatic heterocycles. The number of carbonyl (C=O) groups excluding carboxylic acids is 1. The van der Waals surface area contributed by atoms with Crippen LogP contribution in [-0.2, 0) is 11.2 Å². The van der Waals surface area contributed by atoms with Crippen LogP contribution in [0.1, 0.15) is 39.2 Å². The summed E-state index contributed by atoms with van der Waals surface area (Å²) < 4.78 is 27.8. The summed E-state index contributed by atoms with van der Waals surface area (Å²) in [5.41, 5.74) is 3.54. The molecule has 0 saturated carbocycles. The van der Waals surface area contributed by atoms with Crippen molar-refractivity contribution in [1.82, 2.24) is 4.90 Å². The maximum absolute atomic E-state index is 12.8. The number of carbonyl (C=O) groups is 1. The quantitative estimate of drug-likeness (QED) is 0.755. The first-order valence-corrected chi connectivity index (χ1v) is 9.21. The molecule has 28 heavy (non-hydrogen) atoms. The zero-order chi connectivity index (χ0) is 19.4. The smallest absolute Gasteiger partial charge is 0.343 e. The van der Waals surface area contributed by atoms with Gasteiger partial charge in [-0.05, 0) is 42.8 Å². The van der Waals surface area contributed by atoms with Crippen molar-refractivity contribution in [2.45, 2.75) is 18.6 Å². The first kappa shape index (κ1) is 17.2. The lowest BCUT2D eigenvalue weighted by Gasteiger charge is -2.37. The molecule has 0 aliphatic carbocycles. The van der Waals surface area contributed by atoms with Gasteiger partial charge in [-0.25, -0.2) is 4.79 Å². The third kappa shape index (κ3) is 2.36. The number of rotatable bonds is 3. The molecule has 3 heterocycles. The number of likely N-dealkylation sites (N-methyl/N-ethyl adjacent to an activating group) is 1. The highest BCUT2D eigenvalue weighted by Crippen LogP contribution is 2.50. The number of benzene rings is 2. The van der Waals surface area contributed by atoms with Crippen molar-refractivity contribution >= 4 is 5.97 Å². The van der Waals surface area contributed by atoms with Crippen LogP contribution in [0.25, 0.3) is 0 Å². The van der Waals surface area contributed by atoms with Crippen LogP contribution >= 0.6 is 0 Å². The standard InChI is InChI=1S/C21H21NO6/c1-22-7-6-11-8-15-16(27-10-26-15)9-13(11)18(22)19-12-4-5-14(24-2)20(25-3)17(12)21(23)28-19/h4-5,8-9,18-19H,6-7,10H2,1-3H3/t18-,19?/m0/s1. The number of ether oxygens (including phenoxy) is 5. The van der Waals surface area contributed by atoms with Gasteiger partial charge in [0.2, 0.25) is 6.79 Å². The molecule has 3 aliphatic rings. The van der Waals surface area contributed by atoms with Gasteiger partial charge in [0.15, 0.2) is 23.0 Å². The van der Waals surface area contributed by atoms with Crippen molar-refractivity contribution in [2.24, 2.45) is 0 Å². The van der Waals surface area contributed by atoms with E-state index >= 15 is 0 Å². The van der Waals surface area contributed by atoms with E-state index < -0.39 is 12.1 Å². The van der Waals surface area contributed by atoms with Crippen LogP contribution in [0.3, 0.4) is 0 Å². The first-order chi connectivity index (χ1) is 13.6. The van der Waals surface area contributed by atoms with Crippen LogP contribution < -0.4 is 18.9 Å². The molecule has 2 aromatic rings. The van der Waals surface area contributed by atoms with Gasteiger partial charge in [-0.15, -0.1) is 0 Å². The molecule has 7 heteroatoms. The van der Waals surface area contributed by atoms with E-state index in [9.17, 15) is 4.79 Å². The lowest BCUT2D eigenvalue weighted by Crippen LogP contribution is -2.36. The van der Waals surface area contributed by atoms with E-state index in [0.717, 1.165) is 35.6 Å². The molecule has 146 valence electrons. The van der Waals surface area contributed by atoms with Crippen LogP contribution in [-0.4, -0.2) is 45.5 Å². The first-order valence-electron chi connectivity index (χ1n) is 9.21. The highest BCUT2D eigenvalue weighted by Gasteiger charge is 2.44. The number of esters is 1. The van der Waals surface area contributed by atoms with Crippen LogP contribution in [0.4, 0.5) is 0 Å². The van der Waals surface area contributed by atoms with Crippen LogP contribution in [0.15, 0.2) is 24.3 Å². The zero-order valence-corrected chi connectivity index (χ0v) is 16.0. The second-order valence-corrected chi connectivity index (χ2v) is 7.17. The van der Waals surface area contributed by atoms with Gasteiger partial charge in [0.05, 0.1) is 20.3 Å². The maximum Gasteiger partial charge on any atom is 0.343 e. The topological polar surface area (TPSA) is 66.5 Å². The minimum Gasteiger partial charge on any atom is -0.493 e. The molecule has 5 rings (SSSR count). The lowest BCUT2D eigenvalue weighted by molar-refractivity contribution is 0.00935. The number of hydrogen-bond acceptors (Lipinski definition) is 7. The van der Waals surface area contributed by atoms with Gasteiger partial charge in [-0.1, -0.05) is 6.07 Å². The van der Waals surface area contributed by atoms with Gasteiger partial charge >= 0.3 is 5.97 Å². The maximum atomic E-state index is 12.8. The molecule has 2 aromatic carbocycles. The molecule has 0 radical (unpaired) electrons. The van der Waals surface area contributed by atoms with Crippen molar-refractivity contribution in [3.8, 4) is 23.0 Å². The van der Waals surface area contributed by atoms with Crippen molar-refractivity contribution in [3.05, 3.63) is 46.5 Å². The second-order valence-electron chi connectivity index (χ2n) is 7.17. The Morgan fingerprint density at radius 3 is 2.61 bits per heavy atom. The summed E-state index contributed by atoms with van der Waals surface area (Å²) in [5, 5.41) is 0. The molecule has 2 atom stereocenters. The number of hydrogen-bond donors (Lipinski definition) is 0. The van der Waals surface area contributed by atoms with Gasteiger partial charge in [0.1, 0.15) is 11.7 Å². The molecular formula is C21H21NO6. The van der Waals surface area contributed by atoms with Gasteiger partial charge in [-0.2, -0.15) is 0 Å². The third-order valence-corrected chi connectivity index (χ3v) is 5.77. The number of cyclic esters (lactones) is 1. The Labute approximate surface area is 162 Å². The summed E-state index contributed by atoms with van der Waals surface area (Å²) in [6.07, 6.45) is 0.463.